The first-order chi connectivity index (χ1) is 35.8. The number of aliphatic hydroxyl groups is 1. The highest BCUT2D eigenvalue weighted by atomic mass is 32.1. The third-order valence-corrected chi connectivity index (χ3v) is 14.7. The molecule has 0 saturated carbocycles. The lowest BCUT2D eigenvalue weighted by atomic mass is 9.85. The number of nitrogens with one attached hydrogen (secondary N) is 2. The number of amides is 3. The SMILES string of the molecule is Cc1ncsc1-c1ccc(CNC(=O)[C@@H]2C[C@@H](O)CN2C(=O)[C@@H](NC(=O)CCOCCCN2CCC[C@H]2COc2ncc3cnc(-c4cc(OCc5ccccc5)cc5ccccc45)c(F)c3n2)C(C)(C)C)cc1. The second-order valence-electron chi connectivity index (χ2n) is 20.1. The number of nitrogens with zero attached hydrogens (tertiary/aromatic N) is 6. The smallest absolute Gasteiger partial charge is 0.317 e. The predicted molar refractivity (Wildman–Crippen MR) is 283 cm³/mol. The number of aromatic nitrogens is 4. The van der Waals surface area contributed by atoms with E-state index in [4.69, 9.17) is 14.2 Å². The minimum absolute atomic E-state index is 0.00742. The van der Waals surface area contributed by atoms with Gasteiger partial charge in [0.25, 0.3) is 0 Å². The molecule has 0 spiro atoms. The van der Waals surface area contributed by atoms with Crippen LogP contribution in [0.5, 0.6) is 11.8 Å². The number of aliphatic hydroxyl groups excluding tert-OH is 1. The number of benzene rings is 4. The van der Waals surface area contributed by atoms with Gasteiger partial charge < -0.3 is 34.9 Å². The zero-order valence-electron chi connectivity index (χ0n) is 42.3. The van der Waals surface area contributed by atoms with Crippen molar-refractivity contribution < 1.29 is 38.1 Å². The molecule has 2 aliphatic heterocycles. The van der Waals surface area contributed by atoms with Crippen LogP contribution in [0.25, 0.3) is 43.4 Å². The number of halogens is 1. The van der Waals surface area contributed by atoms with Crippen molar-refractivity contribution in [3.8, 4) is 33.5 Å². The molecule has 7 aromatic rings. The number of β-amino-alcohol motifs (C(OH)–C–C–N with tert-alkyl or cyclic N) is 1. The first-order valence-corrected chi connectivity index (χ1v) is 26.2. The van der Waals surface area contributed by atoms with Crippen LogP contribution in [0.1, 0.15) is 69.7 Å². The number of pyridine rings is 1. The maximum atomic E-state index is 16.5. The number of likely N-dealkylation sites (tertiary alicyclic amines) is 2. The second-order valence-corrected chi connectivity index (χ2v) is 21.0. The number of aryl methyl sites for hydroxylation is 1. The maximum absolute atomic E-state index is 16.5. The third kappa shape index (κ3) is 12.5. The van der Waals surface area contributed by atoms with Gasteiger partial charge in [-0.1, -0.05) is 99.6 Å². The molecule has 74 heavy (non-hydrogen) atoms. The Bertz CT molecular complexity index is 3080. The normalized spacial score (nSPS) is 17.4. The summed E-state index contributed by atoms with van der Waals surface area (Å²) in [6, 6.07) is 27.7. The molecule has 0 bridgehead atoms. The molecular weight excluding hydrogens is 960 g/mol. The van der Waals surface area contributed by atoms with Gasteiger partial charge in [0.15, 0.2) is 5.82 Å². The van der Waals surface area contributed by atoms with E-state index in [2.05, 4.69) is 35.5 Å². The summed E-state index contributed by atoms with van der Waals surface area (Å²) in [5.41, 5.74) is 5.93. The number of fused-ring (bicyclic) bond motifs is 2. The van der Waals surface area contributed by atoms with Gasteiger partial charge in [0.05, 0.1) is 28.8 Å². The first kappa shape index (κ1) is 52.0. The zero-order chi connectivity index (χ0) is 51.8. The van der Waals surface area contributed by atoms with Gasteiger partial charge in [-0.3, -0.25) is 24.3 Å². The van der Waals surface area contributed by atoms with Crippen molar-refractivity contribution in [1.29, 1.82) is 0 Å². The Balaban J connectivity index is 0.731. The largest absolute Gasteiger partial charge is 0.489 e. The molecule has 2 aliphatic rings. The Kier molecular flexibility index (Phi) is 16.5. The summed E-state index contributed by atoms with van der Waals surface area (Å²) in [7, 11) is 0. The van der Waals surface area contributed by atoms with Crippen LogP contribution in [-0.2, 0) is 32.3 Å². The van der Waals surface area contributed by atoms with Crippen molar-refractivity contribution in [3.05, 3.63) is 132 Å². The maximum Gasteiger partial charge on any atom is 0.317 e. The summed E-state index contributed by atoms with van der Waals surface area (Å²) in [6.07, 6.45) is 5.03. The summed E-state index contributed by atoms with van der Waals surface area (Å²) >= 11 is 1.57. The molecule has 2 fully saturated rings. The number of carbonyl (C=O) groups is 3. The van der Waals surface area contributed by atoms with E-state index in [9.17, 15) is 19.5 Å². The van der Waals surface area contributed by atoms with Crippen LogP contribution in [0, 0.1) is 18.2 Å². The number of carbonyl (C=O) groups excluding carboxylic acids is 3. The Hall–Kier alpha value is -6.92. The molecule has 3 aromatic heterocycles. The minimum atomic E-state index is -0.934. The molecule has 4 atom stereocenters. The molecule has 3 amide bonds. The lowest BCUT2D eigenvalue weighted by Gasteiger charge is -2.35. The molecule has 2 saturated heterocycles. The lowest BCUT2D eigenvalue weighted by Crippen LogP contribution is -2.57. The Morgan fingerprint density at radius 3 is 2.49 bits per heavy atom. The third-order valence-electron chi connectivity index (χ3n) is 13.7. The van der Waals surface area contributed by atoms with Gasteiger partial charge in [-0.05, 0) is 77.7 Å². The Labute approximate surface area is 434 Å². The van der Waals surface area contributed by atoms with E-state index in [1.807, 2.05) is 124 Å². The number of thiazole rings is 1. The van der Waals surface area contributed by atoms with E-state index in [0.29, 0.717) is 36.5 Å². The van der Waals surface area contributed by atoms with E-state index in [1.165, 1.54) is 11.1 Å². The fraction of sp³-hybridized carbons (Fsp3) is 0.386. The van der Waals surface area contributed by atoms with Crippen molar-refractivity contribution in [1.82, 2.24) is 40.4 Å². The van der Waals surface area contributed by atoms with Gasteiger partial charge >= 0.3 is 6.01 Å². The number of ether oxygens (including phenoxy) is 3. The molecule has 17 heteroatoms. The number of hydrogen-bond acceptors (Lipinski definition) is 13. The second kappa shape index (κ2) is 23.5. The van der Waals surface area contributed by atoms with E-state index in [1.54, 1.807) is 17.5 Å². The average molecular weight is 1020 g/mol. The first-order valence-electron chi connectivity index (χ1n) is 25.3. The predicted octanol–water partition coefficient (Wildman–Crippen LogP) is 8.44. The van der Waals surface area contributed by atoms with Crippen molar-refractivity contribution in [3.63, 3.8) is 0 Å². The number of hydrogen-bond donors (Lipinski definition) is 3. The van der Waals surface area contributed by atoms with E-state index >= 15 is 4.39 Å². The standard InChI is InChI=1S/C57H63FN8O7S/c1-36-52(74-35-62-36)39-19-17-37(18-20-39)29-60-54(69)47-27-43(67)32-66(47)55(70)53(57(2,3)4)63-48(68)21-25-71-24-11-23-65-22-10-15-42(65)34-73-56-61-31-41-30-59-51(49(58)50(41)64-56)46-28-44(26-40-14-8-9-16-45(40)46)72-33-38-12-6-5-7-13-38/h5-9,12-14,16-20,26,28,30-31,35,42-43,47,53,67H,10-11,15,21-25,27,29,32-34H2,1-4H3,(H,60,69)(H,63,68)/t42-,43+,47-,53+/m0/s1. The van der Waals surface area contributed by atoms with Gasteiger partial charge in [0.2, 0.25) is 17.7 Å². The van der Waals surface area contributed by atoms with Gasteiger partial charge in [-0.2, -0.15) is 4.98 Å². The van der Waals surface area contributed by atoms with Crippen LogP contribution in [-0.4, -0.2) is 116 Å². The minimum Gasteiger partial charge on any atom is -0.489 e. The molecule has 5 heterocycles. The van der Waals surface area contributed by atoms with Crippen LogP contribution < -0.4 is 20.1 Å². The summed E-state index contributed by atoms with van der Waals surface area (Å²) in [6.45, 7) is 10.7. The van der Waals surface area contributed by atoms with Crippen molar-refractivity contribution in [2.45, 2.75) is 97.2 Å². The molecular formula is C57H63FN8O7S. The van der Waals surface area contributed by atoms with E-state index < -0.39 is 35.3 Å². The topological polar surface area (TPSA) is 181 Å². The monoisotopic (exact) mass is 1020 g/mol. The highest BCUT2D eigenvalue weighted by Crippen LogP contribution is 2.36. The van der Waals surface area contributed by atoms with Gasteiger partial charge in [0.1, 0.15) is 42.3 Å². The Morgan fingerprint density at radius 2 is 1.70 bits per heavy atom. The lowest BCUT2D eigenvalue weighted by molar-refractivity contribution is -0.144. The average Bonchev–Trinajstić information content (AvgIpc) is 4.16. The van der Waals surface area contributed by atoms with Crippen molar-refractivity contribution in [2.24, 2.45) is 5.41 Å². The summed E-state index contributed by atoms with van der Waals surface area (Å²) in [5.74, 6) is -1.10. The van der Waals surface area contributed by atoms with Crippen LogP contribution >= 0.6 is 11.3 Å². The van der Waals surface area contributed by atoms with Gasteiger partial charge in [0, 0.05) is 68.5 Å². The Morgan fingerprint density at radius 1 is 0.919 bits per heavy atom. The molecule has 386 valence electrons. The zero-order valence-corrected chi connectivity index (χ0v) is 43.1. The molecule has 15 nitrogen and oxygen atoms in total. The van der Waals surface area contributed by atoms with Crippen LogP contribution in [0.4, 0.5) is 4.39 Å². The quantitative estimate of drug-likeness (QED) is 0.0621. The molecule has 4 aromatic carbocycles. The fourth-order valence-electron chi connectivity index (χ4n) is 9.71. The summed E-state index contributed by atoms with van der Waals surface area (Å²) < 4.78 is 34.7. The summed E-state index contributed by atoms with van der Waals surface area (Å²) in [5, 5.41) is 18.7. The number of rotatable bonds is 20. The molecule has 0 unspecified atom stereocenters. The van der Waals surface area contributed by atoms with Gasteiger partial charge in [-0.25, -0.2) is 14.4 Å². The summed E-state index contributed by atoms with van der Waals surface area (Å²) in [4.78, 5) is 63.5. The van der Waals surface area contributed by atoms with E-state index in [-0.39, 0.29) is 67.6 Å². The van der Waals surface area contributed by atoms with Crippen molar-refractivity contribution in [2.75, 3.05) is 39.5 Å². The highest BCUT2D eigenvalue weighted by Gasteiger charge is 2.44. The fourth-order valence-corrected chi connectivity index (χ4v) is 10.5. The molecule has 9 rings (SSSR count). The van der Waals surface area contributed by atoms with E-state index in [0.717, 1.165) is 70.4 Å². The molecule has 3 N–H and O–H groups in total. The van der Waals surface area contributed by atoms with Crippen molar-refractivity contribution >= 4 is 50.7 Å². The van der Waals surface area contributed by atoms with Crippen LogP contribution in [0.3, 0.4) is 0 Å². The van der Waals surface area contributed by atoms with Crippen LogP contribution in [0.15, 0.2) is 109 Å². The molecule has 0 aliphatic carbocycles. The van der Waals surface area contributed by atoms with Crippen LogP contribution in [0.2, 0.25) is 0 Å². The molecule has 0 radical (unpaired) electrons. The highest BCUT2D eigenvalue weighted by molar-refractivity contribution is 7.13. The van der Waals surface area contributed by atoms with Gasteiger partial charge in [-0.15, -0.1) is 11.3 Å².